The summed E-state index contributed by atoms with van der Waals surface area (Å²) in [5.41, 5.74) is 0. The van der Waals surface area contributed by atoms with Crippen LogP contribution in [0, 0.1) is 5.92 Å². The summed E-state index contributed by atoms with van der Waals surface area (Å²) in [4.78, 5) is 10.8. The van der Waals surface area contributed by atoms with Crippen molar-refractivity contribution in [2.75, 3.05) is 27.2 Å². The van der Waals surface area contributed by atoms with Crippen molar-refractivity contribution in [3.8, 4) is 0 Å². The van der Waals surface area contributed by atoms with Crippen LogP contribution in [0.5, 0.6) is 0 Å². The number of carbonyl (C=O) groups excluding carboxylic acids is 1. The summed E-state index contributed by atoms with van der Waals surface area (Å²) in [6, 6.07) is 0. The number of carbonyl (C=O) groups is 1. The van der Waals surface area contributed by atoms with Crippen molar-refractivity contribution < 1.29 is 14.4 Å². The Labute approximate surface area is 132 Å². The zero-order valence-electron chi connectivity index (χ0n) is 14.8. The van der Waals surface area contributed by atoms with Crippen LogP contribution < -0.4 is 5.11 Å². The Hall–Kier alpha value is -0.570. The largest absolute Gasteiger partial charge is 0.550 e. The summed E-state index contributed by atoms with van der Waals surface area (Å²) in [5.74, 6) is -1.28. The van der Waals surface area contributed by atoms with E-state index in [0.29, 0.717) is 6.54 Å². The van der Waals surface area contributed by atoms with E-state index in [4.69, 9.17) is 0 Å². The third-order valence-corrected chi connectivity index (χ3v) is 4.29. The monoisotopic (exact) mass is 299 g/mol. The average molecular weight is 299 g/mol. The van der Waals surface area contributed by atoms with Crippen LogP contribution in [0.15, 0.2) is 0 Å². The van der Waals surface area contributed by atoms with Crippen LogP contribution in [0.25, 0.3) is 0 Å². The Bertz CT molecular complexity index is 264. The van der Waals surface area contributed by atoms with Gasteiger partial charge in [-0.25, -0.2) is 0 Å². The summed E-state index contributed by atoms with van der Waals surface area (Å²) in [6.07, 6.45) is 13.4. The Kier molecular flexibility index (Phi) is 11.7. The molecule has 0 saturated carbocycles. The fourth-order valence-electron chi connectivity index (χ4n) is 2.93. The highest BCUT2D eigenvalue weighted by Crippen LogP contribution is 2.12. The fourth-order valence-corrected chi connectivity index (χ4v) is 2.93. The first-order chi connectivity index (χ1) is 9.89. The lowest BCUT2D eigenvalue weighted by Gasteiger charge is -2.32. The third-order valence-electron chi connectivity index (χ3n) is 4.29. The van der Waals surface area contributed by atoms with E-state index in [-0.39, 0.29) is 5.92 Å². The second kappa shape index (κ2) is 12.0. The maximum atomic E-state index is 10.8. The van der Waals surface area contributed by atoms with E-state index in [1.54, 1.807) is 6.92 Å². The minimum absolute atomic E-state index is 0.358. The van der Waals surface area contributed by atoms with Gasteiger partial charge in [0.25, 0.3) is 0 Å². The molecule has 0 N–H and O–H groups in total. The number of hydrogen-bond acceptors (Lipinski definition) is 2. The van der Waals surface area contributed by atoms with Gasteiger partial charge in [0.2, 0.25) is 0 Å². The molecule has 0 saturated heterocycles. The molecule has 0 fully saturated rings. The molecule has 1 unspecified atom stereocenters. The van der Waals surface area contributed by atoms with Gasteiger partial charge in [-0.1, -0.05) is 65.2 Å². The third kappa shape index (κ3) is 12.9. The number of carboxylic acid groups (broad SMARTS) is 1. The van der Waals surface area contributed by atoms with E-state index in [2.05, 4.69) is 21.0 Å². The predicted octanol–water partition coefficient (Wildman–Crippen LogP) is 3.37. The molecular weight excluding hydrogens is 262 g/mol. The number of aliphatic carboxylic acids is 1. The Morgan fingerprint density at radius 2 is 1.33 bits per heavy atom. The predicted molar refractivity (Wildman–Crippen MR) is 87.9 cm³/mol. The second-order valence-electron chi connectivity index (χ2n) is 7.24. The fraction of sp³-hybridized carbons (Fsp3) is 0.944. The van der Waals surface area contributed by atoms with Gasteiger partial charge in [0, 0.05) is 11.9 Å². The highest BCUT2D eigenvalue weighted by atomic mass is 16.4. The Morgan fingerprint density at radius 3 is 1.76 bits per heavy atom. The smallest absolute Gasteiger partial charge is 0.0861 e. The lowest BCUT2D eigenvalue weighted by molar-refractivity contribution is -0.893. The van der Waals surface area contributed by atoms with Crippen molar-refractivity contribution in [2.45, 2.75) is 78.1 Å². The number of nitrogens with zero attached hydrogens (tertiary/aromatic N) is 1. The molecule has 3 nitrogen and oxygen atoms in total. The van der Waals surface area contributed by atoms with Crippen molar-refractivity contribution in [1.82, 2.24) is 0 Å². The molecule has 0 aliphatic rings. The van der Waals surface area contributed by atoms with E-state index in [0.717, 1.165) is 11.0 Å². The molecular formula is C18H37NO2. The van der Waals surface area contributed by atoms with Crippen molar-refractivity contribution in [3.05, 3.63) is 0 Å². The molecule has 0 bridgehead atoms. The summed E-state index contributed by atoms with van der Waals surface area (Å²) < 4.78 is 0.784. The molecule has 126 valence electrons. The SMILES string of the molecule is CCCCCCCCCCCC[N+](C)(C)CC(C)C(=O)[O-]. The van der Waals surface area contributed by atoms with Crippen LogP contribution in [-0.2, 0) is 4.79 Å². The highest BCUT2D eigenvalue weighted by Gasteiger charge is 2.19. The van der Waals surface area contributed by atoms with E-state index < -0.39 is 5.97 Å². The van der Waals surface area contributed by atoms with Crippen LogP contribution >= 0.6 is 0 Å². The molecule has 0 spiro atoms. The molecule has 0 heterocycles. The minimum atomic E-state index is -0.927. The normalized spacial score (nSPS) is 13.3. The van der Waals surface area contributed by atoms with Gasteiger partial charge >= 0.3 is 0 Å². The topological polar surface area (TPSA) is 40.1 Å². The molecule has 21 heavy (non-hydrogen) atoms. The number of rotatable bonds is 14. The van der Waals surface area contributed by atoms with E-state index in [1.807, 2.05) is 0 Å². The molecule has 0 aromatic heterocycles. The van der Waals surface area contributed by atoms with E-state index in [9.17, 15) is 9.90 Å². The van der Waals surface area contributed by atoms with Crippen LogP contribution in [0.1, 0.15) is 78.1 Å². The van der Waals surface area contributed by atoms with Crippen LogP contribution in [0.3, 0.4) is 0 Å². The second-order valence-corrected chi connectivity index (χ2v) is 7.24. The van der Waals surface area contributed by atoms with Crippen LogP contribution in [0.4, 0.5) is 0 Å². The van der Waals surface area contributed by atoms with Gasteiger partial charge in [-0.15, -0.1) is 0 Å². The first-order valence-electron chi connectivity index (χ1n) is 8.92. The number of carboxylic acids is 1. The van der Waals surface area contributed by atoms with Gasteiger partial charge in [-0.05, 0) is 12.8 Å². The van der Waals surface area contributed by atoms with Gasteiger partial charge in [-0.2, -0.15) is 0 Å². The van der Waals surface area contributed by atoms with Crippen molar-refractivity contribution in [2.24, 2.45) is 5.92 Å². The first kappa shape index (κ1) is 20.4. The molecule has 1 atom stereocenters. The van der Waals surface area contributed by atoms with Gasteiger partial charge in [0.15, 0.2) is 0 Å². The molecule has 0 aliphatic carbocycles. The van der Waals surface area contributed by atoms with Gasteiger partial charge in [0.1, 0.15) is 0 Å². The quantitative estimate of drug-likeness (QED) is 0.364. The molecule has 0 amide bonds. The van der Waals surface area contributed by atoms with Gasteiger partial charge < -0.3 is 14.4 Å². The average Bonchev–Trinajstić information content (AvgIpc) is 2.40. The number of unbranched alkanes of at least 4 members (excludes halogenated alkanes) is 9. The Balaban J connectivity index is 3.46. The lowest BCUT2D eigenvalue weighted by atomic mass is 10.1. The number of quaternary nitrogens is 1. The van der Waals surface area contributed by atoms with E-state index in [1.165, 1.54) is 64.2 Å². The van der Waals surface area contributed by atoms with Crippen molar-refractivity contribution >= 4 is 5.97 Å². The first-order valence-corrected chi connectivity index (χ1v) is 8.92. The standard InChI is InChI=1S/C18H37NO2/c1-5-6-7-8-9-10-11-12-13-14-15-19(3,4)16-17(2)18(20)21/h17H,5-16H2,1-4H3. The van der Waals surface area contributed by atoms with Crippen molar-refractivity contribution in [3.63, 3.8) is 0 Å². The zero-order valence-corrected chi connectivity index (χ0v) is 14.8. The van der Waals surface area contributed by atoms with Crippen molar-refractivity contribution in [1.29, 1.82) is 0 Å². The van der Waals surface area contributed by atoms with E-state index >= 15 is 0 Å². The molecule has 0 aromatic rings. The maximum absolute atomic E-state index is 10.8. The minimum Gasteiger partial charge on any atom is -0.550 e. The Morgan fingerprint density at radius 1 is 0.905 bits per heavy atom. The summed E-state index contributed by atoms with van der Waals surface area (Å²) in [5, 5.41) is 10.8. The van der Waals surface area contributed by atoms with Gasteiger partial charge in [-0.3, -0.25) is 0 Å². The molecule has 0 rings (SSSR count). The van der Waals surface area contributed by atoms with Crippen LogP contribution in [0.2, 0.25) is 0 Å². The highest BCUT2D eigenvalue weighted by molar-refractivity contribution is 5.67. The summed E-state index contributed by atoms with van der Waals surface area (Å²) in [7, 11) is 4.24. The molecule has 0 radical (unpaired) electrons. The lowest BCUT2D eigenvalue weighted by Crippen LogP contribution is -2.47. The number of hydrogen-bond donors (Lipinski definition) is 0. The van der Waals surface area contributed by atoms with Gasteiger partial charge in [0.05, 0.1) is 27.2 Å². The molecule has 3 heteroatoms. The summed E-state index contributed by atoms with van der Waals surface area (Å²) in [6.45, 7) is 5.73. The maximum Gasteiger partial charge on any atom is 0.0861 e. The molecule has 0 aromatic carbocycles. The molecule has 0 aliphatic heterocycles. The van der Waals surface area contributed by atoms with Crippen LogP contribution in [-0.4, -0.2) is 37.6 Å². The zero-order chi connectivity index (χ0) is 16.1. The summed E-state index contributed by atoms with van der Waals surface area (Å²) >= 11 is 0.